The van der Waals surface area contributed by atoms with Gasteiger partial charge in [0, 0.05) is 42.3 Å². The number of halogens is 1. The van der Waals surface area contributed by atoms with Crippen molar-refractivity contribution in [2.24, 2.45) is 0 Å². The average molecular weight is 409 g/mol. The van der Waals surface area contributed by atoms with Crippen molar-refractivity contribution in [1.29, 1.82) is 0 Å². The highest BCUT2D eigenvalue weighted by Crippen LogP contribution is 2.32. The van der Waals surface area contributed by atoms with Gasteiger partial charge < -0.3 is 14.9 Å². The van der Waals surface area contributed by atoms with Gasteiger partial charge in [0.2, 0.25) is 0 Å². The zero-order valence-corrected chi connectivity index (χ0v) is 16.4. The van der Waals surface area contributed by atoms with Crippen LogP contribution in [0.4, 0.5) is 10.2 Å². The van der Waals surface area contributed by atoms with Crippen LogP contribution < -0.4 is 4.74 Å². The van der Waals surface area contributed by atoms with Crippen molar-refractivity contribution in [3.63, 3.8) is 0 Å². The highest BCUT2D eigenvalue weighted by Gasteiger charge is 2.41. The van der Waals surface area contributed by atoms with Gasteiger partial charge in [-0.25, -0.2) is 4.39 Å². The van der Waals surface area contributed by atoms with Gasteiger partial charge in [-0.2, -0.15) is 0 Å². The first kappa shape index (κ1) is 18.7. The largest absolute Gasteiger partial charge is 0.436 e. The van der Waals surface area contributed by atoms with E-state index in [0.717, 1.165) is 36.5 Å². The predicted octanol–water partition coefficient (Wildman–Crippen LogP) is 3.20. The molecule has 1 aromatic carbocycles. The topological polar surface area (TPSA) is 86.3 Å². The highest BCUT2D eigenvalue weighted by atomic mass is 19.1. The van der Waals surface area contributed by atoms with E-state index in [0.29, 0.717) is 19.1 Å². The lowest BCUT2D eigenvalue weighted by Gasteiger charge is -2.34. The first-order chi connectivity index (χ1) is 14.4. The normalized spacial score (nSPS) is 20.5. The fraction of sp³-hybridized carbons (Fsp3) is 0.333. The van der Waals surface area contributed by atoms with Gasteiger partial charge in [-0.05, 0) is 47.7 Å². The van der Waals surface area contributed by atoms with Gasteiger partial charge in [0.05, 0.1) is 12.2 Å². The lowest BCUT2D eigenvalue weighted by atomic mass is 10.0. The van der Waals surface area contributed by atoms with Gasteiger partial charge in [-0.1, -0.05) is 6.07 Å². The minimum Gasteiger partial charge on any atom is -0.436 e. The highest BCUT2D eigenvalue weighted by molar-refractivity contribution is 5.59. The maximum absolute atomic E-state index is 13.2. The first-order valence-electron chi connectivity index (χ1n) is 9.76. The van der Waals surface area contributed by atoms with E-state index in [4.69, 9.17) is 9.72 Å². The smallest absolute Gasteiger partial charge is 0.415 e. The van der Waals surface area contributed by atoms with Crippen molar-refractivity contribution < 1.29 is 14.1 Å². The van der Waals surface area contributed by atoms with E-state index in [1.165, 1.54) is 23.9 Å². The van der Waals surface area contributed by atoms with Gasteiger partial charge in [-0.15, -0.1) is 0 Å². The van der Waals surface area contributed by atoms with E-state index in [1.807, 2.05) is 13.0 Å². The molecule has 2 aliphatic heterocycles. The third-order valence-electron chi connectivity index (χ3n) is 5.58. The molecular weight excluding hydrogens is 389 g/mol. The van der Waals surface area contributed by atoms with Gasteiger partial charge in [0.25, 0.3) is 0 Å². The van der Waals surface area contributed by atoms with Crippen LogP contribution in [0.2, 0.25) is 0 Å². The molecule has 0 N–H and O–H groups in total. The lowest BCUT2D eigenvalue weighted by molar-refractivity contribution is -0.389. The minimum atomic E-state index is -0.513. The summed E-state index contributed by atoms with van der Waals surface area (Å²) in [5.74, 6) is -0.450. The molecule has 0 amide bonds. The maximum Gasteiger partial charge on any atom is 0.415 e. The van der Waals surface area contributed by atoms with Crippen molar-refractivity contribution in [3.05, 3.63) is 69.8 Å². The summed E-state index contributed by atoms with van der Waals surface area (Å²) in [6, 6.07) is 10.7. The molecule has 2 aliphatic rings. The summed E-state index contributed by atoms with van der Waals surface area (Å²) in [4.78, 5) is 21.4. The Morgan fingerprint density at radius 1 is 1.23 bits per heavy atom. The zero-order chi connectivity index (χ0) is 20.9. The van der Waals surface area contributed by atoms with E-state index in [1.54, 1.807) is 16.7 Å². The van der Waals surface area contributed by atoms with Crippen molar-refractivity contribution in [2.75, 3.05) is 13.1 Å². The number of nitro groups is 1. The maximum atomic E-state index is 13.2. The Bertz CT molecular complexity index is 1100. The van der Waals surface area contributed by atoms with E-state index in [2.05, 4.69) is 16.0 Å². The molecule has 8 nitrogen and oxygen atoms in total. The van der Waals surface area contributed by atoms with Gasteiger partial charge >= 0.3 is 11.8 Å². The molecule has 1 atom stereocenters. The summed E-state index contributed by atoms with van der Waals surface area (Å²) in [7, 11) is 0. The molecule has 154 valence electrons. The first-order valence-corrected chi connectivity index (χ1v) is 9.76. The van der Waals surface area contributed by atoms with Crippen LogP contribution in [-0.4, -0.2) is 43.0 Å². The molecule has 0 saturated carbocycles. The van der Waals surface area contributed by atoms with E-state index < -0.39 is 10.5 Å². The quantitative estimate of drug-likeness (QED) is 0.486. The summed E-state index contributed by atoms with van der Waals surface area (Å²) in [6.07, 6.45) is 2.24. The zero-order valence-electron chi connectivity index (χ0n) is 16.4. The number of pyridine rings is 1. The van der Waals surface area contributed by atoms with E-state index in [-0.39, 0.29) is 11.6 Å². The molecule has 3 aromatic rings. The molecule has 0 spiro atoms. The van der Waals surface area contributed by atoms with Gasteiger partial charge in [0.1, 0.15) is 17.6 Å². The Hall–Kier alpha value is -3.33. The lowest BCUT2D eigenvalue weighted by Crippen LogP contribution is -2.46. The molecule has 0 unspecified atom stereocenters. The second-order valence-electron chi connectivity index (χ2n) is 8.09. The number of fused-ring (bicyclic) bond motifs is 2. The number of imidazole rings is 1. The predicted molar refractivity (Wildman–Crippen MR) is 107 cm³/mol. The summed E-state index contributed by atoms with van der Waals surface area (Å²) in [5, 5.41) is 10.9. The van der Waals surface area contributed by atoms with Crippen molar-refractivity contribution >= 4 is 5.82 Å². The molecule has 30 heavy (non-hydrogen) atoms. The Labute approximate surface area is 172 Å². The van der Waals surface area contributed by atoms with Crippen LogP contribution in [0.15, 0.2) is 42.6 Å². The number of benzene rings is 1. The van der Waals surface area contributed by atoms with Crippen LogP contribution >= 0.6 is 0 Å². The van der Waals surface area contributed by atoms with Crippen LogP contribution in [-0.2, 0) is 19.5 Å². The molecule has 0 bridgehead atoms. The van der Waals surface area contributed by atoms with E-state index >= 15 is 0 Å². The Balaban J connectivity index is 1.27. The molecule has 5 rings (SSSR count). The molecule has 2 aromatic heterocycles. The van der Waals surface area contributed by atoms with Crippen molar-refractivity contribution in [2.45, 2.75) is 32.0 Å². The molecule has 0 aliphatic carbocycles. The van der Waals surface area contributed by atoms with Gasteiger partial charge in [0.15, 0.2) is 0 Å². The molecule has 0 fully saturated rings. The number of ether oxygens (including phenoxy) is 1. The minimum absolute atomic E-state index is 0.193. The number of rotatable bonds is 4. The molecule has 4 heterocycles. The van der Waals surface area contributed by atoms with Crippen LogP contribution in [0.3, 0.4) is 0 Å². The average Bonchev–Trinajstić information content (AvgIpc) is 3.23. The summed E-state index contributed by atoms with van der Waals surface area (Å²) < 4.78 is 20.8. The second kappa shape index (κ2) is 6.88. The molecular formula is C21H20FN5O3. The third kappa shape index (κ3) is 3.41. The second-order valence-corrected chi connectivity index (χ2v) is 8.09. The number of aromatic nitrogens is 3. The SMILES string of the molecule is C[C@]1(CN2CCc3nc(-c4ccc(F)cc4)ccc3C2)Cn2cc([N+](=O)[O-])nc2O1. The number of nitrogens with zero attached hydrogens (tertiary/aromatic N) is 5. The van der Waals surface area contributed by atoms with Gasteiger partial charge in [-0.3, -0.25) is 14.5 Å². The van der Waals surface area contributed by atoms with Crippen LogP contribution in [0, 0.1) is 15.9 Å². The molecule has 0 saturated heterocycles. The Morgan fingerprint density at radius 2 is 2.03 bits per heavy atom. The fourth-order valence-corrected chi connectivity index (χ4v) is 4.23. The third-order valence-corrected chi connectivity index (χ3v) is 5.58. The fourth-order valence-electron chi connectivity index (χ4n) is 4.23. The van der Waals surface area contributed by atoms with Crippen molar-refractivity contribution in [1.82, 2.24) is 19.4 Å². The van der Waals surface area contributed by atoms with Crippen LogP contribution in [0.1, 0.15) is 18.2 Å². The summed E-state index contributed by atoms with van der Waals surface area (Å²) in [5.41, 5.74) is 3.49. The van der Waals surface area contributed by atoms with Crippen LogP contribution in [0.25, 0.3) is 11.3 Å². The van der Waals surface area contributed by atoms with E-state index in [9.17, 15) is 14.5 Å². The molecule has 9 heteroatoms. The number of hydrogen-bond donors (Lipinski definition) is 0. The standard InChI is InChI=1S/C21H20FN5O3/c1-21(13-26-11-19(27(28)29)24-20(26)30-21)12-25-9-8-18-15(10-25)4-7-17(23-18)14-2-5-16(22)6-3-14/h2-7,11H,8-10,12-13H2,1H3/t21-/m0/s1. The monoisotopic (exact) mass is 409 g/mol. The summed E-state index contributed by atoms with van der Waals surface area (Å²) in [6.45, 7) is 4.80. The van der Waals surface area contributed by atoms with Crippen molar-refractivity contribution in [3.8, 4) is 17.3 Å². The molecule has 0 radical (unpaired) electrons. The Morgan fingerprint density at radius 3 is 2.77 bits per heavy atom. The summed E-state index contributed by atoms with van der Waals surface area (Å²) >= 11 is 0. The number of hydrogen-bond acceptors (Lipinski definition) is 6. The van der Waals surface area contributed by atoms with Crippen LogP contribution in [0.5, 0.6) is 6.01 Å². The Kier molecular flexibility index (Phi) is 4.28.